The summed E-state index contributed by atoms with van der Waals surface area (Å²) in [6, 6.07) is 0. The smallest absolute Gasteiger partial charge is 0.391 e. The van der Waals surface area contributed by atoms with Crippen molar-refractivity contribution in [1.29, 1.82) is 0 Å². The van der Waals surface area contributed by atoms with Crippen LogP contribution in [-0.2, 0) is 9.59 Å². The quantitative estimate of drug-likeness (QED) is 0.860. The molecule has 1 fully saturated rings. The van der Waals surface area contributed by atoms with E-state index in [-0.39, 0.29) is 19.4 Å². The number of carboxylic acid groups (broad SMARTS) is 1. The van der Waals surface area contributed by atoms with Gasteiger partial charge in [0.05, 0.1) is 5.92 Å². The topological polar surface area (TPSA) is 57.6 Å². The van der Waals surface area contributed by atoms with Gasteiger partial charge in [0.25, 0.3) is 0 Å². The number of aliphatic carboxylic acids is 1. The molecular formula is C12H18F3NO3. The molecule has 0 aliphatic heterocycles. The Morgan fingerprint density at radius 1 is 1.32 bits per heavy atom. The third-order valence-corrected chi connectivity index (χ3v) is 3.51. The summed E-state index contributed by atoms with van der Waals surface area (Å²) in [7, 11) is 0. The van der Waals surface area contributed by atoms with Gasteiger partial charge in [0, 0.05) is 12.5 Å². The van der Waals surface area contributed by atoms with Gasteiger partial charge in [0.2, 0.25) is 5.91 Å². The first-order valence-electron chi connectivity index (χ1n) is 6.33. The molecule has 0 radical (unpaired) electrons. The second kappa shape index (κ2) is 6.25. The summed E-state index contributed by atoms with van der Waals surface area (Å²) in [4.78, 5) is 23.7. The average Bonchev–Trinajstić information content (AvgIpc) is 2.34. The zero-order valence-corrected chi connectivity index (χ0v) is 10.7. The van der Waals surface area contributed by atoms with Crippen molar-refractivity contribution in [3.63, 3.8) is 0 Å². The molecule has 1 amide bonds. The summed E-state index contributed by atoms with van der Waals surface area (Å²) < 4.78 is 38.0. The Balaban J connectivity index is 2.68. The van der Waals surface area contributed by atoms with Crippen LogP contribution in [0.5, 0.6) is 0 Å². The first-order chi connectivity index (χ1) is 8.75. The fraction of sp³-hybridized carbons (Fsp3) is 0.833. The zero-order valence-electron chi connectivity index (χ0n) is 10.7. The molecule has 0 saturated heterocycles. The molecule has 1 N–H and O–H groups in total. The van der Waals surface area contributed by atoms with Gasteiger partial charge in [-0.3, -0.25) is 9.59 Å². The van der Waals surface area contributed by atoms with Gasteiger partial charge in [-0.15, -0.1) is 0 Å². The number of nitrogens with zero attached hydrogens (tertiary/aromatic N) is 1. The standard InChI is InChI=1S/C12H18F3NO3/c1-2-16(7-10(17)18)11(19)8-4-3-5-9(6-8)12(13,14)15/h8-9H,2-7H2,1H3,(H,17,18). The summed E-state index contributed by atoms with van der Waals surface area (Å²) in [5, 5.41) is 8.67. The van der Waals surface area contributed by atoms with Gasteiger partial charge in [-0.05, 0) is 26.2 Å². The second-order valence-corrected chi connectivity index (χ2v) is 4.85. The molecule has 7 heteroatoms. The van der Waals surface area contributed by atoms with Crippen LogP contribution in [0.2, 0.25) is 0 Å². The SMILES string of the molecule is CCN(CC(=O)O)C(=O)C1CCCC(C(F)(F)F)C1. The van der Waals surface area contributed by atoms with Crippen LogP contribution in [0.15, 0.2) is 0 Å². The summed E-state index contributed by atoms with van der Waals surface area (Å²) in [5.74, 6) is -3.78. The molecule has 1 rings (SSSR count). The van der Waals surface area contributed by atoms with Crippen molar-refractivity contribution in [2.75, 3.05) is 13.1 Å². The number of carbonyl (C=O) groups excluding carboxylic acids is 1. The second-order valence-electron chi connectivity index (χ2n) is 4.85. The van der Waals surface area contributed by atoms with Gasteiger partial charge < -0.3 is 10.0 Å². The van der Waals surface area contributed by atoms with Crippen molar-refractivity contribution >= 4 is 11.9 Å². The lowest BCUT2D eigenvalue weighted by Gasteiger charge is -2.32. The zero-order chi connectivity index (χ0) is 14.6. The van der Waals surface area contributed by atoms with Crippen molar-refractivity contribution < 1.29 is 27.9 Å². The molecule has 2 unspecified atom stereocenters. The van der Waals surface area contributed by atoms with E-state index in [1.807, 2.05) is 0 Å². The van der Waals surface area contributed by atoms with Crippen LogP contribution >= 0.6 is 0 Å². The highest BCUT2D eigenvalue weighted by atomic mass is 19.4. The Morgan fingerprint density at radius 3 is 2.42 bits per heavy atom. The van der Waals surface area contributed by atoms with Crippen molar-refractivity contribution in [2.24, 2.45) is 11.8 Å². The van der Waals surface area contributed by atoms with Crippen LogP contribution in [0.4, 0.5) is 13.2 Å². The lowest BCUT2D eigenvalue weighted by atomic mass is 9.80. The van der Waals surface area contributed by atoms with E-state index in [4.69, 9.17) is 5.11 Å². The van der Waals surface area contributed by atoms with Crippen molar-refractivity contribution in [3.8, 4) is 0 Å². The number of amides is 1. The molecule has 110 valence electrons. The van der Waals surface area contributed by atoms with E-state index in [1.54, 1.807) is 6.92 Å². The van der Waals surface area contributed by atoms with Crippen LogP contribution in [-0.4, -0.2) is 41.1 Å². The van der Waals surface area contributed by atoms with E-state index in [1.165, 1.54) is 0 Å². The number of alkyl halides is 3. The van der Waals surface area contributed by atoms with E-state index in [0.717, 1.165) is 4.90 Å². The fourth-order valence-electron chi connectivity index (χ4n) is 2.48. The molecular weight excluding hydrogens is 263 g/mol. The number of rotatable bonds is 4. The van der Waals surface area contributed by atoms with Gasteiger partial charge in [0.15, 0.2) is 0 Å². The molecule has 1 aliphatic rings. The van der Waals surface area contributed by atoms with E-state index >= 15 is 0 Å². The molecule has 0 aromatic heterocycles. The molecule has 1 aliphatic carbocycles. The number of carboxylic acids is 1. The van der Waals surface area contributed by atoms with Gasteiger partial charge >= 0.3 is 12.1 Å². The highest BCUT2D eigenvalue weighted by molar-refractivity contribution is 5.83. The number of hydrogen-bond donors (Lipinski definition) is 1. The number of hydrogen-bond acceptors (Lipinski definition) is 2. The number of carbonyl (C=O) groups is 2. The molecule has 19 heavy (non-hydrogen) atoms. The van der Waals surface area contributed by atoms with Crippen LogP contribution in [0.1, 0.15) is 32.6 Å². The molecule has 4 nitrogen and oxygen atoms in total. The Kier molecular flexibility index (Phi) is 5.20. The number of likely N-dealkylation sites (N-methyl/N-ethyl adjacent to an activating group) is 1. The van der Waals surface area contributed by atoms with Crippen LogP contribution in [0.3, 0.4) is 0 Å². The first kappa shape index (κ1) is 15.8. The minimum absolute atomic E-state index is 0.0539. The molecule has 0 spiro atoms. The summed E-state index contributed by atoms with van der Waals surface area (Å²) >= 11 is 0. The van der Waals surface area contributed by atoms with E-state index in [0.29, 0.717) is 12.8 Å². The Labute approximate surface area is 109 Å². The molecule has 0 aromatic carbocycles. The van der Waals surface area contributed by atoms with Gasteiger partial charge in [0.1, 0.15) is 6.54 Å². The van der Waals surface area contributed by atoms with Crippen LogP contribution in [0, 0.1) is 11.8 Å². The molecule has 0 heterocycles. The summed E-state index contributed by atoms with van der Waals surface area (Å²) in [6.07, 6.45) is -3.69. The lowest BCUT2D eigenvalue weighted by molar-refractivity contribution is -0.187. The Bertz CT molecular complexity index is 344. The average molecular weight is 281 g/mol. The highest BCUT2D eigenvalue weighted by Gasteiger charge is 2.44. The monoisotopic (exact) mass is 281 g/mol. The van der Waals surface area contributed by atoms with Crippen molar-refractivity contribution in [3.05, 3.63) is 0 Å². The van der Waals surface area contributed by atoms with Gasteiger partial charge in [-0.2, -0.15) is 13.2 Å². The molecule has 1 saturated carbocycles. The molecule has 0 bridgehead atoms. The maximum absolute atomic E-state index is 12.7. The predicted molar refractivity (Wildman–Crippen MR) is 61.4 cm³/mol. The normalized spacial score (nSPS) is 24.0. The number of halogens is 3. The molecule has 0 aromatic rings. The van der Waals surface area contributed by atoms with Crippen LogP contribution < -0.4 is 0 Å². The Morgan fingerprint density at radius 2 is 1.95 bits per heavy atom. The third-order valence-electron chi connectivity index (χ3n) is 3.51. The third kappa shape index (κ3) is 4.40. The van der Waals surface area contributed by atoms with Gasteiger partial charge in [-0.1, -0.05) is 6.42 Å². The van der Waals surface area contributed by atoms with E-state index in [2.05, 4.69) is 0 Å². The van der Waals surface area contributed by atoms with Crippen molar-refractivity contribution in [1.82, 2.24) is 4.90 Å². The fourth-order valence-corrected chi connectivity index (χ4v) is 2.48. The highest BCUT2D eigenvalue weighted by Crippen LogP contribution is 2.40. The minimum Gasteiger partial charge on any atom is -0.480 e. The van der Waals surface area contributed by atoms with E-state index in [9.17, 15) is 22.8 Å². The summed E-state index contributed by atoms with van der Waals surface area (Å²) in [6.45, 7) is 1.35. The Hall–Kier alpha value is -1.27. The minimum atomic E-state index is -4.28. The largest absolute Gasteiger partial charge is 0.480 e. The first-order valence-corrected chi connectivity index (χ1v) is 6.33. The maximum atomic E-state index is 12.7. The van der Waals surface area contributed by atoms with Gasteiger partial charge in [-0.25, -0.2) is 0 Å². The molecule has 2 atom stereocenters. The van der Waals surface area contributed by atoms with E-state index < -0.39 is 36.4 Å². The maximum Gasteiger partial charge on any atom is 0.391 e. The lowest BCUT2D eigenvalue weighted by Crippen LogP contribution is -2.42. The van der Waals surface area contributed by atoms with Crippen LogP contribution in [0.25, 0.3) is 0 Å². The predicted octanol–water partition coefficient (Wildman–Crippen LogP) is 2.29. The van der Waals surface area contributed by atoms with Crippen molar-refractivity contribution in [2.45, 2.75) is 38.8 Å². The summed E-state index contributed by atoms with van der Waals surface area (Å²) in [5.41, 5.74) is 0.